The highest BCUT2D eigenvalue weighted by molar-refractivity contribution is 14.0. The summed E-state index contributed by atoms with van der Waals surface area (Å²) in [5.74, 6) is 1.36. The Morgan fingerprint density at radius 2 is 1.90 bits per heavy atom. The molecular formula is C21H37IN4O2S. The van der Waals surface area contributed by atoms with Crippen molar-refractivity contribution in [1.29, 1.82) is 0 Å². The maximum absolute atomic E-state index is 11.8. The van der Waals surface area contributed by atoms with Crippen LogP contribution in [-0.4, -0.2) is 58.3 Å². The molecule has 0 amide bonds. The molecule has 0 bridgehead atoms. The second-order valence-corrected chi connectivity index (χ2v) is 9.90. The summed E-state index contributed by atoms with van der Waals surface area (Å²) >= 11 is 0. The van der Waals surface area contributed by atoms with Crippen molar-refractivity contribution in [1.82, 2.24) is 15.5 Å². The van der Waals surface area contributed by atoms with Crippen molar-refractivity contribution in [3.63, 3.8) is 0 Å². The van der Waals surface area contributed by atoms with E-state index >= 15 is 0 Å². The Kier molecular flexibility index (Phi) is 11.5. The van der Waals surface area contributed by atoms with Gasteiger partial charge in [0.1, 0.15) is 0 Å². The maximum atomic E-state index is 11.8. The molecule has 2 rings (SSSR count). The van der Waals surface area contributed by atoms with Gasteiger partial charge in [-0.1, -0.05) is 25.5 Å². The molecule has 1 fully saturated rings. The van der Waals surface area contributed by atoms with E-state index in [1.165, 1.54) is 38.6 Å². The zero-order chi connectivity index (χ0) is 20.6. The largest absolute Gasteiger partial charge is 0.357 e. The molecule has 1 aliphatic rings. The summed E-state index contributed by atoms with van der Waals surface area (Å²) in [6.07, 6.45) is 5.25. The van der Waals surface area contributed by atoms with Gasteiger partial charge in [-0.25, -0.2) is 13.4 Å². The van der Waals surface area contributed by atoms with E-state index in [1.807, 2.05) is 19.1 Å². The zero-order valence-electron chi connectivity index (χ0n) is 18.2. The lowest BCUT2D eigenvalue weighted by atomic mass is 10.1. The normalized spacial score (nSPS) is 16.8. The van der Waals surface area contributed by atoms with E-state index in [-0.39, 0.29) is 24.0 Å². The Morgan fingerprint density at radius 1 is 1.21 bits per heavy atom. The fourth-order valence-electron chi connectivity index (χ4n) is 3.66. The monoisotopic (exact) mass is 536 g/mol. The first-order valence-electron chi connectivity index (χ1n) is 10.3. The smallest absolute Gasteiger partial charge is 0.191 e. The van der Waals surface area contributed by atoms with E-state index in [0.29, 0.717) is 17.4 Å². The predicted molar refractivity (Wildman–Crippen MR) is 132 cm³/mol. The van der Waals surface area contributed by atoms with Crippen LogP contribution in [0.1, 0.15) is 44.2 Å². The quantitative estimate of drug-likeness (QED) is 0.304. The van der Waals surface area contributed by atoms with E-state index < -0.39 is 9.84 Å². The van der Waals surface area contributed by atoms with E-state index in [1.54, 1.807) is 6.07 Å². The topological polar surface area (TPSA) is 73.8 Å². The fourth-order valence-corrected chi connectivity index (χ4v) is 4.62. The van der Waals surface area contributed by atoms with E-state index in [4.69, 9.17) is 0 Å². The first-order valence-corrected chi connectivity index (χ1v) is 12.2. The molecule has 1 aliphatic heterocycles. The lowest BCUT2D eigenvalue weighted by molar-refractivity contribution is 0.201. The van der Waals surface area contributed by atoms with Crippen LogP contribution in [0.2, 0.25) is 0 Å². The van der Waals surface area contributed by atoms with Crippen molar-refractivity contribution in [3.05, 3.63) is 29.3 Å². The van der Waals surface area contributed by atoms with Crippen LogP contribution in [0.3, 0.4) is 0 Å². The first-order chi connectivity index (χ1) is 13.3. The number of piperidine rings is 1. The maximum Gasteiger partial charge on any atom is 0.191 e. The minimum absolute atomic E-state index is 0. The van der Waals surface area contributed by atoms with Crippen LogP contribution in [-0.2, 0) is 16.4 Å². The number of halogens is 1. The zero-order valence-corrected chi connectivity index (χ0v) is 21.3. The van der Waals surface area contributed by atoms with Crippen molar-refractivity contribution >= 4 is 39.8 Å². The molecule has 1 atom stereocenters. The molecule has 2 N–H and O–H groups in total. The summed E-state index contributed by atoms with van der Waals surface area (Å²) in [7, 11) is -3.19. The molecule has 8 heteroatoms. The van der Waals surface area contributed by atoms with Crippen LogP contribution in [0.15, 0.2) is 28.1 Å². The second-order valence-electron chi connectivity index (χ2n) is 7.91. The molecule has 0 aromatic heterocycles. The third-order valence-corrected chi connectivity index (χ3v) is 6.30. The summed E-state index contributed by atoms with van der Waals surface area (Å²) in [4.78, 5) is 7.61. The Bertz CT molecular complexity index is 762. The molecule has 6 nitrogen and oxygen atoms in total. The van der Waals surface area contributed by atoms with E-state index in [0.717, 1.165) is 36.7 Å². The molecule has 29 heavy (non-hydrogen) atoms. The van der Waals surface area contributed by atoms with Crippen LogP contribution in [0.4, 0.5) is 0 Å². The third-order valence-electron chi connectivity index (χ3n) is 5.04. The highest BCUT2D eigenvalue weighted by Gasteiger charge is 2.14. The Labute approximate surface area is 193 Å². The summed E-state index contributed by atoms with van der Waals surface area (Å²) in [5, 5.41) is 6.74. The van der Waals surface area contributed by atoms with Gasteiger partial charge in [0.2, 0.25) is 0 Å². The molecule has 1 aromatic carbocycles. The minimum Gasteiger partial charge on any atom is -0.357 e. The number of rotatable bonds is 8. The van der Waals surface area contributed by atoms with Gasteiger partial charge >= 0.3 is 0 Å². The molecule has 1 unspecified atom stereocenters. The first kappa shape index (κ1) is 26.2. The highest BCUT2D eigenvalue weighted by atomic mass is 127. The Hall–Kier alpha value is -0.870. The number of benzene rings is 1. The Morgan fingerprint density at radius 3 is 2.48 bits per heavy atom. The lowest BCUT2D eigenvalue weighted by Crippen LogP contribution is -2.42. The third kappa shape index (κ3) is 9.21. The second kappa shape index (κ2) is 12.7. The SMILES string of the molecule is CCNC(=NCc1ccc(S(C)(=O)=O)c(C)c1)NCC(C)CN1CCCCC1.I. The van der Waals surface area contributed by atoms with Crippen LogP contribution >= 0.6 is 24.0 Å². The Balaban J connectivity index is 0.00000420. The van der Waals surface area contributed by atoms with E-state index in [2.05, 4.69) is 34.4 Å². The van der Waals surface area contributed by atoms with Crippen molar-refractivity contribution < 1.29 is 8.42 Å². The molecule has 0 spiro atoms. The standard InChI is InChI=1S/C21H36N4O2S.HI/c1-5-22-21(23-14-17(2)16-25-11-7-6-8-12-25)24-15-19-9-10-20(18(3)13-19)28(4,26)27;/h9-10,13,17H,5-8,11-12,14-16H2,1-4H3,(H2,22,23,24);1H. The fraction of sp³-hybridized carbons (Fsp3) is 0.667. The summed E-state index contributed by atoms with van der Waals surface area (Å²) in [6.45, 7) is 11.9. The molecular weight excluding hydrogens is 499 g/mol. The average Bonchev–Trinajstić information content (AvgIpc) is 2.64. The van der Waals surface area contributed by atoms with Crippen LogP contribution in [0.5, 0.6) is 0 Å². The molecule has 0 aliphatic carbocycles. The molecule has 166 valence electrons. The van der Waals surface area contributed by atoms with Crippen molar-refractivity contribution in [2.24, 2.45) is 10.9 Å². The van der Waals surface area contributed by atoms with Crippen LogP contribution in [0, 0.1) is 12.8 Å². The number of guanidine groups is 1. The van der Waals surface area contributed by atoms with Crippen molar-refractivity contribution in [2.45, 2.75) is 51.5 Å². The number of sulfone groups is 1. The van der Waals surface area contributed by atoms with Crippen molar-refractivity contribution in [3.8, 4) is 0 Å². The number of aliphatic imine (C=N–C) groups is 1. The molecule has 0 radical (unpaired) electrons. The number of nitrogens with one attached hydrogen (secondary N) is 2. The molecule has 0 saturated carbocycles. The predicted octanol–water partition coefficient (Wildman–Crippen LogP) is 3.19. The van der Waals surface area contributed by atoms with Gasteiger partial charge in [-0.15, -0.1) is 24.0 Å². The molecule has 1 aromatic rings. The summed E-state index contributed by atoms with van der Waals surface area (Å²) in [5.41, 5.74) is 1.77. The lowest BCUT2D eigenvalue weighted by Gasteiger charge is -2.29. The number of aryl methyl sites for hydroxylation is 1. The van der Waals surface area contributed by atoms with Gasteiger partial charge in [-0.05, 0) is 62.9 Å². The van der Waals surface area contributed by atoms with Gasteiger partial charge in [0.05, 0.1) is 11.4 Å². The molecule has 1 heterocycles. The van der Waals surface area contributed by atoms with Crippen molar-refractivity contribution in [2.75, 3.05) is 39.0 Å². The molecule has 1 saturated heterocycles. The summed E-state index contributed by atoms with van der Waals surface area (Å²) < 4.78 is 23.5. The highest BCUT2D eigenvalue weighted by Crippen LogP contribution is 2.17. The van der Waals surface area contributed by atoms with E-state index in [9.17, 15) is 8.42 Å². The van der Waals surface area contributed by atoms with Gasteiger partial charge in [-0.2, -0.15) is 0 Å². The van der Waals surface area contributed by atoms with Crippen LogP contribution < -0.4 is 10.6 Å². The number of hydrogen-bond donors (Lipinski definition) is 2. The minimum atomic E-state index is -3.19. The van der Waals surface area contributed by atoms with Gasteiger partial charge in [-0.3, -0.25) is 0 Å². The number of nitrogens with zero attached hydrogens (tertiary/aromatic N) is 2. The number of hydrogen-bond acceptors (Lipinski definition) is 4. The average molecular weight is 537 g/mol. The van der Waals surface area contributed by atoms with Gasteiger partial charge in [0.15, 0.2) is 15.8 Å². The van der Waals surface area contributed by atoms with Gasteiger partial charge in [0, 0.05) is 25.9 Å². The summed E-state index contributed by atoms with van der Waals surface area (Å²) in [6, 6.07) is 5.43. The van der Waals surface area contributed by atoms with Gasteiger partial charge < -0.3 is 15.5 Å². The number of likely N-dealkylation sites (tertiary alicyclic amines) is 1. The van der Waals surface area contributed by atoms with Gasteiger partial charge in [0.25, 0.3) is 0 Å². The van der Waals surface area contributed by atoms with Crippen LogP contribution in [0.25, 0.3) is 0 Å².